The summed E-state index contributed by atoms with van der Waals surface area (Å²) in [5.74, 6) is -2.33. The number of nitrogens with zero attached hydrogens (tertiary/aromatic N) is 5. The largest absolute Gasteiger partial charge is 0.464 e. The quantitative estimate of drug-likeness (QED) is 0.0337. The number of fused-ring (bicyclic) bond motifs is 1. The second kappa shape index (κ2) is 18.8. The topological polar surface area (TPSA) is 164 Å². The maximum Gasteiger partial charge on any atom is 0.393 e. The molecule has 13 nitrogen and oxygen atoms in total. The van der Waals surface area contributed by atoms with Crippen molar-refractivity contribution in [3.05, 3.63) is 89.6 Å². The van der Waals surface area contributed by atoms with Crippen LogP contribution in [0.25, 0.3) is 22.2 Å². The SMILES string of the molecule is CN(c1ccccc1CNc1nc(-c2cc(F)c(OCOCC[Si](C)(C)C)cc2CC(F)(F)F)cc2c1c(C(N)=O)nn2COCC[Si](C)(C)C)S(=O)(=O)c1cccnc1. The number of benzene rings is 2. The summed E-state index contributed by atoms with van der Waals surface area (Å²) in [5.41, 5.74) is 5.97. The van der Waals surface area contributed by atoms with Gasteiger partial charge in [0, 0.05) is 60.9 Å². The molecule has 0 bridgehead atoms. The number of carbonyl (C=O) groups excluding carboxylic acids is 1. The third kappa shape index (κ3) is 12.1. The predicted molar refractivity (Wildman–Crippen MR) is 228 cm³/mol. The van der Waals surface area contributed by atoms with E-state index >= 15 is 4.39 Å². The zero-order valence-electron chi connectivity index (χ0n) is 34.7. The minimum absolute atomic E-state index is 0.0355. The molecule has 3 heterocycles. The molecule has 0 aliphatic heterocycles. The second-order valence-corrected chi connectivity index (χ2v) is 29.9. The van der Waals surface area contributed by atoms with Gasteiger partial charge in [0.1, 0.15) is 17.4 Å². The summed E-state index contributed by atoms with van der Waals surface area (Å²) in [6.45, 7) is 13.1. The summed E-state index contributed by atoms with van der Waals surface area (Å²) >= 11 is 0. The number of rotatable bonds is 20. The number of primary amides is 1. The average Bonchev–Trinajstić information content (AvgIpc) is 3.54. The van der Waals surface area contributed by atoms with Crippen LogP contribution in [0.15, 0.2) is 71.9 Å². The Morgan fingerprint density at radius 1 is 0.950 bits per heavy atom. The number of anilines is 2. The van der Waals surface area contributed by atoms with E-state index < -0.39 is 56.2 Å². The van der Waals surface area contributed by atoms with Gasteiger partial charge in [-0.1, -0.05) is 57.5 Å². The first-order valence-corrected chi connectivity index (χ1v) is 28.0. The van der Waals surface area contributed by atoms with Crippen LogP contribution in [0.2, 0.25) is 51.4 Å². The highest BCUT2D eigenvalue weighted by Crippen LogP contribution is 2.38. The summed E-state index contributed by atoms with van der Waals surface area (Å²) < 4.78 is 105. The maximum atomic E-state index is 15.8. The van der Waals surface area contributed by atoms with Crippen LogP contribution in [0.3, 0.4) is 0 Å². The summed E-state index contributed by atoms with van der Waals surface area (Å²) in [6.07, 6.45) is -3.47. The molecule has 0 aliphatic rings. The second-order valence-electron chi connectivity index (χ2n) is 16.7. The molecular weight excluding hydrogens is 839 g/mol. The number of hydrogen-bond acceptors (Lipinski definition) is 10. The fourth-order valence-electron chi connectivity index (χ4n) is 6.04. The van der Waals surface area contributed by atoms with Gasteiger partial charge in [-0.05, 0) is 59.6 Å². The van der Waals surface area contributed by atoms with Gasteiger partial charge >= 0.3 is 6.18 Å². The Morgan fingerprint density at radius 2 is 1.63 bits per heavy atom. The van der Waals surface area contributed by atoms with Crippen molar-refractivity contribution in [1.82, 2.24) is 19.7 Å². The Hall–Kier alpha value is -4.90. The van der Waals surface area contributed by atoms with Crippen LogP contribution in [0.1, 0.15) is 21.6 Å². The van der Waals surface area contributed by atoms with Crippen LogP contribution in [-0.4, -0.2) is 83.5 Å². The molecule has 0 radical (unpaired) electrons. The zero-order valence-corrected chi connectivity index (χ0v) is 37.5. The smallest absolute Gasteiger partial charge is 0.393 e. The van der Waals surface area contributed by atoms with Crippen LogP contribution in [0, 0.1) is 5.82 Å². The van der Waals surface area contributed by atoms with Crippen molar-refractivity contribution in [3.8, 4) is 17.0 Å². The molecule has 0 saturated carbocycles. The van der Waals surface area contributed by atoms with Crippen molar-refractivity contribution >= 4 is 54.5 Å². The van der Waals surface area contributed by atoms with Crippen molar-refractivity contribution in [2.24, 2.45) is 5.73 Å². The Morgan fingerprint density at radius 3 is 2.27 bits per heavy atom. The lowest BCUT2D eigenvalue weighted by atomic mass is 9.99. The number of para-hydroxylation sites is 1. The Kier molecular flexibility index (Phi) is 14.5. The van der Waals surface area contributed by atoms with Crippen LogP contribution in [0.4, 0.5) is 29.1 Å². The lowest BCUT2D eigenvalue weighted by Crippen LogP contribution is -2.28. The molecule has 0 unspecified atom stereocenters. The molecule has 0 atom stereocenters. The van der Waals surface area contributed by atoms with Gasteiger partial charge in [-0.25, -0.2) is 22.5 Å². The van der Waals surface area contributed by atoms with Crippen LogP contribution in [-0.2, 0) is 39.2 Å². The molecular formula is C40H51F4N7O6SSi2. The first kappa shape index (κ1) is 46.2. The molecule has 0 saturated heterocycles. The van der Waals surface area contributed by atoms with Gasteiger partial charge in [0.15, 0.2) is 24.1 Å². The Bertz CT molecular complexity index is 2410. The fraction of sp³-hybridized carbons (Fsp3) is 0.400. The number of pyridine rings is 2. The van der Waals surface area contributed by atoms with E-state index in [4.69, 9.17) is 19.9 Å². The molecule has 0 fully saturated rings. The predicted octanol–water partition coefficient (Wildman–Crippen LogP) is 8.28. The molecule has 5 aromatic rings. The number of hydrogen-bond donors (Lipinski definition) is 2. The van der Waals surface area contributed by atoms with Crippen LogP contribution in [0.5, 0.6) is 5.75 Å². The number of amides is 1. The van der Waals surface area contributed by atoms with Crippen molar-refractivity contribution in [3.63, 3.8) is 0 Å². The highest BCUT2D eigenvalue weighted by Gasteiger charge is 2.32. The molecule has 20 heteroatoms. The Labute approximate surface area is 349 Å². The molecule has 2 aromatic carbocycles. The van der Waals surface area contributed by atoms with E-state index in [0.29, 0.717) is 18.8 Å². The molecule has 3 N–H and O–H groups in total. The number of sulfonamides is 1. The van der Waals surface area contributed by atoms with E-state index in [1.54, 1.807) is 24.3 Å². The molecule has 5 rings (SSSR count). The average molecular weight is 890 g/mol. The molecule has 0 spiro atoms. The van der Waals surface area contributed by atoms with Crippen molar-refractivity contribution in [2.45, 2.75) is 82.1 Å². The first-order chi connectivity index (χ1) is 28.0. The number of ether oxygens (including phenoxy) is 3. The van der Waals surface area contributed by atoms with Gasteiger partial charge in [0.25, 0.3) is 15.9 Å². The number of alkyl halides is 3. The van der Waals surface area contributed by atoms with Gasteiger partial charge in [-0.3, -0.25) is 14.1 Å². The van der Waals surface area contributed by atoms with Gasteiger partial charge in [0.05, 0.1) is 28.7 Å². The third-order valence-electron chi connectivity index (χ3n) is 9.37. The minimum atomic E-state index is -4.71. The number of nitrogens with two attached hydrogens (primary N) is 1. The van der Waals surface area contributed by atoms with Crippen LogP contribution < -0.4 is 20.1 Å². The van der Waals surface area contributed by atoms with E-state index in [2.05, 4.69) is 59.7 Å². The lowest BCUT2D eigenvalue weighted by Gasteiger charge is -2.22. The normalized spacial score (nSPS) is 12.5. The van der Waals surface area contributed by atoms with Gasteiger partial charge in [-0.15, -0.1) is 0 Å². The van der Waals surface area contributed by atoms with Gasteiger partial charge in [-0.2, -0.15) is 18.3 Å². The molecule has 0 aliphatic carbocycles. The first-order valence-electron chi connectivity index (χ1n) is 19.1. The zero-order chi connectivity index (χ0) is 44.0. The van der Waals surface area contributed by atoms with E-state index in [1.807, 2.05) is 0 Å². The van der Waals surface area contributed by atoms with E-state index in [0.717, 1.165) is 28.5 Å². The summed E-state index contributed by atoms with van der Waals surface area (Å²) in [4.78, 5) is 21.5. The monoisotopic (exact) mass is 889 g/mol. The van der Waals surface area contributed by atoms with Crippen LogP contribution >= 0.6 is 0 Å². The lowest BCUT2D eigenvalue weighted by molar-refractivity contribution is -0.127. The highest BCUT2D eigenvalue weighted by atomic mass is 32.2. The molecule has 1 amide bonds. The van der Waals surface area contributed by atoms with Gasteiger partial charge in [0.2, 0.25) is 0 Å². The van der Waals surface area contributed by atoms with E-state index in [1.165, 1.54) is 42.3 Å². The molecule has 60 heavy (non-hydrogen) atoms. The number of nitrogens with one attached hydrogen (secondary N) is 1. The number of carbonyl (C=O) groups is 1. The molecule has 324 valence electrons. The third-order valence-corrected chi connectivity index (χ3v) is 14.5. The summed E-state index contributed by atoms with van der Waals surface area (Å²) in [7, 11) is -5.61. The number of aromatic nitrogens is 4. The minimum Gasteiger partial charge on any atom is -0.464 e. The van der Waals surface area contributed by atoms with E-state index in [9.17, 15) is 26.4 Å². The Balaban J connectivity index is 1.61. The molecule has 3 aromatic heterocycles. The summed E-state index contributed by atoms with van der Waals surface area (Å²) in [5, 5.41) is 7.70. The van der Waals surface area contributed by atoms with Crippen molar-refractivity contribution in [2.75, 3.05) is 36.7 Å². The van der Waals surface area contributed by atoms with Gasteiger partial charge < -0.3 is 25.3 Å². The number of halogens is 4. The van der Waals surface area contributed by atoms with Crippen molar-refractivity contribution in [1.29, 1.82) is 0 Å². The summed E-state index contributed by atoms with van der Waals surface area (Å²) in [6, 6.07) is 14.5. The standard InChI is InChI=1S/C40H51F4N7O6SSi2/c1-50(58(53,54)29-12-10-14-46-24-29)33-13-9-8-11-27(33)23-47-39-36-34(51(49-37(36)38(45)52)25-55-15-17-59(2,3)4)21-32(48-39)30-20-31(41)35(19-28(30)22-40(42,43)44)57-26-56-16-18-60(5,6)7/h8-14,19-21,24H,15-18,22-23,25-26H2,1-7H3,(H2,45,52)(H,47,48). The maximum absolute atomic E-state index is 15.8. The highest BCUT2D eigenvalue weighted by molar-refractivity contribution is 7.92. The van der Waals surface area contributed by atoms with E-state index in [-0.39, 0.29) is 69.9 Å². The fourth-order valence-corrected chi connectivity index (χ4v) is 8.75. The van der Waals surface area contributed by atoms with Crippen molar-refractivity contribution < 1.29 is 45.0 Å².